The molecule has 0 spiro atoms. The number of rotatable bonds is 5. The van der Waals surface area contributed by atoms with Crippen LogP contribution in [0.3, 0.4) is 0 Å². The molecule has 1 aliphatic carbocycles. The average molecular weight is 357 g/mol. The third kappa shape index (κ3) is 3.56. The summed E-state index contributed by atoms with van der Waals surface area (Å²) in [6.07, 6.45) is 5.33. The van der Waals surface area contributed by atoms with Crippen LogP contribution in [0, 0.1) is 5.92 Å². The fourth-order valence-corrected chi connectivity index (χ4v) is 2.95. The zero-order valence-corrected chi connectivity index (χ0v) is 15.4. The van der Waals surface area contributed by atoms with E-state index in [0.717, 1.165) is 22.5 Å². The molecular formula is C19H23N3O4. The Morgan fingerprint density at radius 2 is 2.04 bits per heavy atom. The minimum Gasteiger partial charge on any atom is -0.464 e. The van der Waals surface area contributed by atoms with E-state index in [0.29, 0.717) is 18.4 Å². The standard InChI is InChI=1S/C19H23N3O4/c1-12-9-15(12)16-7-6-14(26-16)11-20(2)17(23)8-5-13-10-21(3)19(25)22(4)18(13)24/h5-8,10,12,15H,9,11H2,1-4H3. The number of furan rings is 1. The van der Waals surface area contributed by atoms with Crippen LogP contribution in [0.1, 0.15) is 36.3 Å². The van der Waals surface area contributed by atoms with Gasteiger partial charge in [-0.1, -0.05) is 6.92 Å². The van der Waals surface area contributed by atoms with Crippen molar-refractivity contribution in [3.63, 3.8) is 0 Å². The second kappa shape index (κ2) is 6.82. The molecule has 0 bridgehead atoms. The van der Waals surface area contributed by atoms with Gasteiger partial charge in [0.15, 0.2) is 0 Å². The number of nitrogens with zero attached hydrogens (tertiary/aromatic N) is 3. The van der Waals surface area contributed by atoms with Crippen LogP contribution < -0.4 is 11.2 Å². The van der Waals surface area contributed by atoms with Crippen LogP contribution in [0.25, 0.3) is 6.08 Å². The van der Waals surface area contributed by atoms with E-state index in [4.69, 9.17) is 4.42 Å². The van der Waals surface area contributed by atoms with E-state index in [1.165, 1.54) is 34.9 Å². The van der Waals surface area contributed by atoms with Crippen molar-refractivity contribution in [1.29, 1.82) is 0 Å². The second-order valence-electron chi connectivity index (χ2n) is 6.99. The van der Waals surface area contributed by atoms with Gasteiger partial charge in [-0.05, 0) is 30.5 Å². The maximum absolute atomic E-state index is 12.3. The summed E-state index contributed by atoms with van der Waals surface area (Å²) < 4.78 is 8.13. The SMILES string of the molecule is CC1CC1c1ccc(CN(C)C(=O)C=Cc2cn(C)c(=O)n(C)c2=O)o1. The smallest absolute Gasteiger partial charge is 0.330 e. The lowest BCUT2D eigenvalue weighted by atomic mass is 10.2. The number of hydrogen-bond acceptors (Lipinski definition) is 4. The number of aryl methyl sites for hydroxylation is 1. The molecular weight excluding hydrogens is 334 g/mol. The van der Waals surface area contributed by atoms with Crippen LogP contribution >= 0.6 is 0 Å². The van der Waals surface area contributed by atoms with E-state index in [1.807, 2.05) is 12.1 Å². The van der Waals surface area contributed by atoms with Gasteiger partial charge in [-0.25, -0.2) is 4.79 Å². The fraction of sp³-hybridized carbons (Fsp3) is 0.421. The molecule has 0 aliphatic heterocycles. The highest BCUT2D eigenvalue weighted by atomic mass is 16.3. The molecule has 2 aromatic rings. The highest BCUT2D eigenvalue weighted by molar-refractivity contribution is 5.91. The number of likely N-dealkylation sites (N-methyl/N-ethyl adjacent to an activating group) is 1. The molecule has 0 aromatic carbocycles. The van der Waals surface area contributed by atoms with Gasteiger partial charge in [-0.2, -0.15) is 0 Å². The highest BCUT2D eigenvalue weighted by Gasteiger charge is 2.36. The lowest BCUT2D eigenvalue weighted by molar-refractivity contribution is -0.125. The maximum Gasteiger partial charge on any atom is 0.330 e. The highest BCUT2D eigenvalue weighted by Crippen LogP contribution is 2.47. The van der Waals surface area contributed by atoms with Gasteiger partial charge in [0.2, 0.25) is 5.91 Å². The summed E-state index contributed by atoms with van der Waals surface area (Å²) in [7, 11) is 4.64. The first-order chi connectivity index (χ1) is 12.3. The Labute approximate surface area is 151 Å². The van der Waals surface area contributed by atoms with Gasteiger partial charge in [0.05, 0.1) is 12.1 Å². The van der Waals surface area contributed by atoms with E-state index >= 15 is 0 Å². The van der Waals surface area contributed by atoms with Crippen LogP contribution in [-0.2, 0) is 25.4 Å². The molecule has 2 heterocycles. The quantitative estimate of drug-likeness (QED) is 0.760. The molecule has 7 nitrogen and oxygen atoms in total. The topological polar surface area (TPSA) is 77.5 Å². The van der Waals surface area contributed by atoms with Crippen LogP contribution in [0.2, 0.25) is 0 Å². The first-order valence-electron chi connectivity index (χ1n) is 8.56. The minimum absolute atomic E-state index is 0.251. The Hall–Kier alpha value is -2.83. The zero-order chi connectivity index (χ0) is 19.0. The Morgan fingerprint density at radius 1 is 1.35 bits per heavy atom. The molecule has 1 amide bonds. The second-order valence-corrected chi connectivity index (χ2v) is 6.99. The van der Waals surface area contributed by atoms with Gasteiger partial charge in [0.1, 0.15) is 11.5 Å². The lowest BCUT2D eigenvalue weighted by Gasteiger charge is -2.13. The molecule has 2 unspecified atom stereocenters. The number of amides is 1. The molecule has 7 heteroatoms. The number of aromatic nitrogens is 2. The van der Waals surface area contributed by atoms with Gasteiger partial charge in [0.25, 0.3) is 5.56 Å². The number of carbonyl (C=O) groups is 1. The average Bonchev–Trinajstić information content (AvgIpc) is 3.16. The Kier molecular flexibility index (Phi) is 4.71. The van der Waals surface area contributed by atoms with Crippen molar-refractivity contribution in [3.05, 3.63) is 62.3 Å². The number of hydrogen-bond donors (Lipinski definition) is 0. The molecule has 1 fully saturated rings. The molecule has 138 valence electrons. The third-order valence-electron chi connectivity index (χ3n) is 4.81. The van der Waals surface area contributed by atoms with Crippen LogP contribution in [0.5, 0.6) is 0 Å². The molecule has 2 aromatic heterocycles. The summed E-state index contributed by atoms with van der Waals surface area (Å²) in [6, 6.07) is 3.88. The van der Waals surface area contributed by atoms with E-state index in [9.17, 15) is 14.4 Å². The summed E-state index contributed by atoms with van der Waals surface area (Å²) in [5.41, 5.74) is -0.567. The van der Waals surface area contributed by atoms with E-state index < -0.39 is 11.2 Å². The van der Waals surface area contributed by atoms with E-state index in [2.05, 4.69) is 6.92 Å². The summed E-state index contributed by atoms with van der Waals surface area (Å²) in [4.78, 5) is 37.6. The van der Waals surface area contributed by atoms with Gasteiger partial charge in [0, 0.05) is 39.3 Å². The molecule has 0 radical (unpaired) electrons. The first-order valence-corrected chi connectivity index (χ1v) is 8.56. The van der Waals surface area contributed by atoms with Gasteiger partial charge < -0.3 is 13.9 Å². The summed E-state index contributed by atoms with van der Waals surface area (Å²) in [5, 5.41) is 0. The number of carbonyl (C=O) groups excluding carboxylic acids is 1. The Morgan fingerprint density at radius 3 is 2.69 bits per heavy atom. The molecule has 3 rings (SSSR count). The van der Waals surface area contributed by atoms with Crippen molar-refractivity contribution in [3.8, 4) is 0 Å². The van der Waals surface area contributed by atoms with Crippen LogP contribution in [0.4, 0.5) is 0 Å². The fourth-order valence-electron chi connectivity index (χ4n) is 2.95. The maximum atomic E-state index is 12.3. The predicted molar refractivity (Wildman–Crippen MR) is 97.7 cm³/mol. The van der Waals surface area contributed by atoms with E-state index in [-0.39, 0.29) is 11.5 Å². The summed E-state index contributed by atoms with van der Waals surface area (Å²) in [6.45, 7) is 2.55. The van der Waals surface area contributed by atoms with Gasteiger partial charge in [-0.3, -0.25) is 14.2 Å². The van der Waals surface area contributed by atoms with Crippen molar-refractivity contribution in [1.82, 2.24) is 14.0 Å². The summed E-state index contributed by atoms with van der Waals surface area (Å²) in [5.74, 6) is 2.64. The van der Waals surface area contributed by atoms with Gasteiger partial charge >= 0.3 is 5.69 Å². The van der Waals surface area contributed by atoms with Crippen molar-refractivity contribution >= 4 is 12.0 Å². The largest absolute Gasteiger partial charge is 0.464 e. The molecule has 1 saturated carbocycles. The normalized spacial score (nSPS) is 19.1. The first kappa shape index (κ1) is 18.0. The lowest BCUT2D eigenvalue weighted by Crippen LogP contribution is -2.37. The Bertz CT molecular complexity index is 979. The molecule has 2 atom stereocenters. The molecule has 0 N–H and O–H groups in total. The van der Waals surface area contributed by atoms with Crippen molar-refractivity contribution in [2.45, 2.75) is 25.8 Å². The zero-order valence-electron chi connectivity index (χ0n) is 15.4. The minimum atomic E-state index is -0.436. The van der Waals surface area contributed by atoms with Crippen molar-refractivity contribution in [2.24, 2.45) is 20.0 Å². The Balaban J connectivity index is 1.68. The molecule has 1 aliphatic rings. The summed E-state index contributed by atoms with van der Waals surface area (Å²) >= 11 is 0. The molecule has 26 heavy (non-hydrogen) atoms. The van der Waals surface area contributed by atoms with Crippen molar-refractivity contribution < 1.29 is 9.21 Å². The van der Waals surface area contributed by atoms with Crippen molar-refractivity contribution in [2.75, 3.05) is 7.05 Å². The molecule has 0 saturated heterocycles. The van der Waals surface area contributed by atoms with E-state index in [1.54, 1.807) is 14.1 Å². The monoisotopic (exact) mass is 357 g/mol. The predicted octanol–water partition coefficient (Wildman–Crippen LogP) is 1.47. The van der Waals surface area contributed by atoms with Crippen LogP contribution in [0.15, 0.2) is 38.4 Å². The third-order valence-corrected chi connectivity index (χ3v) is 4.81. The van der Waals surface area contributed by atoms with Crippen LogP contribution in [-0.4, -0.2) is 27.0 Å². The van der Waals surface area contributed by atoms with Gasteiger partial charge in [-0.15, -0.1) is 0 Å².